The first-order valence-corrected chi connectivity index (χ1v) is 5.15. The van der Waals surface area contributed by atoms with Gasteiger partial charge in [-0.15, -0.1) is 0 Å². The Morgan fingerprint density at radius 3 is 2.62 bits per heavy atom. The number of hydrogen-bond donors (Lipinski definition) is 0. The first-order valence-electron chi connectivity index (χ1n) is 5.15. The van der Waals surface area contributed by atoms with Crippen molar-refractivity contribution in [3.05, 3.63) is 0 Å². The Labute approximate surface area is 80.7 Å². The third-order valence-corrected chi connectivity index (χ3v) is 2.98. The fraction of sp³-hybridized carbons (Fsp3) is 1.00. The number of hydrogen-bond acceptors (Lipinski definition) is 2. The zero-order valence-electron chi connectivity index (χ0n) is 8.96. The summed E-state index contributed by atoms with van der Waals surface area (Å²) in [5.74, 6) is 0. The molecule has 1 aliphatic heterocycles. The number of alkyl halides is 1. The molecular weight excluding hydrogens is 167 g/mol. The van der Waals surface area contributed by atoms with Crippen molar-refractivity contribution in [2.24, 2.45) is 0 Å². The van der Waals surface area contributed by atoms with Gasteiger partial charge in [-0.3, -0.25) is 9.29 Å². The maximum absolute atomic E-state index is 12.2. The summed E-state index contributed by atoms with van der Waals surface area (Å²) in [5.41, 5.74) is 0. The Bertz CT molecular complexity index is 150. The lowest BCUT2D eigenvalue weighted by molar-refractivity contribution is 0.0671. The number of halogens is 1. The van der Waals surface area contributed by atoms with Crippen molar-refractivity contribution < 1.29 is 4.39 Å². The summed E-state index contributed by atoms with van der Waals surface area (Å²) in [5, 5.41) is 0. The number of rotatable bonds is 3. The molecule has 0 bridgehead atoms. The van der Waals surface area contributed by atoms with Gasteiger partial charge in [0.25, 0.3) is 0 Å². The van der Waals surface area contributed by atoms with Crippen LogP contribution < -0.4 is 0 Å². The van der Waals surface area contributed by atoms with Gasteiger partial charge in [-0.25, -0.2) is 0 Å². The first kappa shape index (κ1) is 10.9. The van der Waals surface area contributed by atoms with E-state index in [0.717, 1.165) is 19.6 Å². The van der Waals surface area contributed by atoms with E-state index in [1.54, 1.807) is 0 Å². The Hall–Kier alpha value is -0.150. The minimum atomic E-state index is -0.194. The molecule has 0 saturated carbocycles. The molecule has 1 heterocycles. The van der Waals surface area contributed by atoms with Crippen molar-refractivity contribution in [3.8, 4) is 0 Å². The Morgan fingerprint density at radius 1 is 1.38 bits per heavy atom. The van der Waals surface area contributed by atoms with E-state index in [4.69, 9.17) is 0 Å². The minimum Gasteiger partial charge on any atom is -0.301 e. The quantitative estimate of drug-likeness (QED) is 0.660. The number of piperazine rings is 1. The zero-order valence-corrected chi connectivity index (χ0v) is 8.96. The maximum Gasteiger partial charge on any atom is 0.0909 e. The first-order chi connectivity index (χ1) is 6.15. The normalized spacial score (nSPS) is 27.0. The van der Waals surface area contributed by atoms with Crippen molar-refractivity contribution in [2.75, 3.05) is 33.4 Å². The van der Waals surface area contributed by atoms with Crippen LogP contribution in [-0.4, -0.2) is 55.2 Å². The molecule has 2 nitrogen and oxygen atoms in total. The second-order valence-electron chi connectivity index (χ2n) is 4.20. The lowest BCUT2D eigenvalue weighted by atomic mass is 10.1. The van der Waals surface area contributed by atoms with Crippen molar-refractivity contribution in [1.29, 1.82) is 0 Å². The zero-order chi connectivity index (χ0) is 9.84. The molecule has 0 amide bonds. The summed E-state index contributed by atoms with van der Waals surface area (Å²) in [6.45, 7) is 7.44. The van der Waals surface area contributed by atoms with Crippen LogP contribution in [0.5, 0.6) is 0 Å². The Kier molecular flexibility index (Phi) is 4.13. The second-order valence-corrected chi connectivity index (χ2v) is 4.20. The highest BCUT2D eigenvalue weighted by atomic mass is 19.1. The molecule has 1 rings (SSSR count). The number of likely N-dealkylation sites (N-methyl/N-ethyl adjacent to an activating group) is 1. The van der Waals surface area contributed by atoms with Gasteiger partial charge in [-0.05, 0) is 27.3 Å². The van der Waals surface area contributed by atoms with E-state index in [-0.39, 0.29) is 6.67 Å². The van der Waals surface area contributed by atoms with Crippen LogP contribution in [0.2, 0.25) is 0 Å². The molecule has 1 aliphatic rings. The lowest BCUT2D eigenvalue weighted by Crippen LogP contribution is -2.53. The van der Waals surface area contributed by atoms with E-state index in [2.05, 4.69) is 30.7 Å². The molecule has 1 atom stereocenters. The van der Waals surface area contributed by atoms with Crippen LogP contribution in [0.15, 0.2) is 0 Å². The summed E-state index contributed by atoms with van der Waals surface area (Å²) < 4.78 is 12.2. The molecule has 13 heavy (non-hydrogen) atoms. The van der Waals surface area contributed by atoms with Crippen molar-refractivity contribution >= 4 is 0 Å². The average Bonchev–Trinajstić information content (AvgIpc) is 2.08. The highest BCUT2D eigenvalue weighted by Crippen LogP contribution is 2.13. The standard InChI is InChI=1S/C10H21FN2/c1-9(2)13-7-6-12(3)10(8-13)4-5-11/h9-10H,4-8H2,1-3H3. The average molecular weight is 188 g/mol. The topological polar surface area (TPSA) is 6.48 Å². The van der Waals surface area contributed by atoms with Crippen LogP contribution in [0, 0.1) is 0 Å². The van der Waals surface area contributed by atoms with E-state index in [1.165, 1.54) is 0 Å². The van der Waals surface area contributed by atoms with Crippen LogP contribution in [0.25, 0.3) is 0 Å². The molecule has 0 aromatic rings. The van der Waals surface area contributed by atoms with Crippen molar-refractivity contribution in [2.45, 2.75) is 32.4 Å². The molecule has 0 aromatic carbocycles. The van der Waals surface area contributed by atoms with Gasteiger partial charge in [0.1, 0.15) is 0 Å². The van der Waals surface area contributed by atoms with Crippen LogP contribution in [0.4, 0.5) is 4.39 Å². The minimum absolute atomic E-state index is 0.194. The fourth-order valence-electron chi connectivity index (χ4n) is 1.88. The summed E-state index contributed by atoms with van der Waals surface area (Å²) >= 11 is 0. The summed E-state index contributed by atoms with van der Waals surface area (Å²) in [7, 11) is 2.10. The van der Waals surface area contributed by atoms with Gasteiger partial charge in [0.05, 0.1) is 6.67 Å². The van der Waals surface area contributed by atoms with Crippen molar-refractivity contribution in [1.82, 2.24) is 9.80 Å². The molecule has 0 aromatic heterocycles. The summed E-state index contributed by atoms with van der Waals surface area (Å²) in [4.78, 5) is 4.71. The highest BCUT2D eigenvalue weighted by molar-refractivity contribution is 4.81. The molecule has 0 spiro atoms. The predicted octanol–water partition coefficient (Wildman–Crippen LogP) is 1.37. The molecule has 1 fully saturated rings. The molecule has 78 valence electrons. The molecule has 1 saturated heterocycles. The Balaban J connectivity index is 2.42. The highest BCUT2D eigenvalue weighted by Gasteiger charge is 2.24. The molecule has 0 radical (unpaired) electrons. The van der Waals surface area contributed by atoms with E-state index < -0.39 is 0 Å². The number of nitrogens with zero attached hydrogens (tertiary/aromatic N) is 2. The van der Waals surface area contributed by atoms with Crippen LogP contribution in [0.1, 0.15) is 20.3 Å². The van der Waals surface area contributed by atoms with Crippen LogP contribution in [0.3, 0.4) is 0 Å². The van der Waals surface area contributed by atoms with E-state index >= 15 is 0 Å². The van der Waals surface area contributed by atoms with Gasteiger partial charge in [0, 0.05) is 31.7 Å². The van der Waals surface area contributed by atoms with Crippen molar-refractivity contribution in [3.63, 3.8) is 0 Å². The molecule has 3 heteroatoms. The van der Waals surface area contributed by atoms with Gasteiger partial charge >= 0.3 is 0 Å². The van der Waals surface area contributed by atoms with Gasteiger partial charge in [-0.2, -0.15) is 0 Å². The third kappa shape index (κ3) is 2.92. The summed E-state index contributed by atoms with van der Waals surface area (Å²) in [6, 6.07) is 1.01. The summed E-state index contributed by atoms with van der Waals surface area (Å²) in [6.07, 6.45) is 0.680. The van der Waals surface area contributed by atoms with Gasteiger partial charge in [-0.1, -0.05) is 0 Å². The van der Waals surface area contributed by atoms with E-state index in [9.17, 15) is 4.39 Å². The molecular formula is C10H21FN2. The second kappa shape index (κ2) is 4.91. The fourth-order valence-corrected chi connectivity index (χ4v) is 1.88. The third-order valence-electron chi connectivity index (χ3n) is 2.98. The monoisotopic (exact) mass is 188 g/mol. The van der Waals surface area contributed by atoms with E-state index in [0.29, 0.717) is 18.5 Å². The molecule has 1 unspecified atom stereocenters. The van der Waals surface area contributed by atoms with Crippen LogP contribution >= 0.6 is 0 Å². The maximum atomic E-state index is 12.2. The van der Waals surface area contributed by atoms with Crippen LogP contribution in [-0.2, 0) is 0 Å². The molecule has 0 N–H and O–H groups in total. The Morgan fingerprint density at radius 2 is 2.08 bits per heavy atom. The SMILES string of the molecule is CC(C)N1CCN(C)C(CCF)C1. The van der Waals surface area contributed by atoms with Gasteiger partial charge in [0.2, 0.25) is 0 Å². The van der Waals surface area contributed by atoms with Gasteiger partial charge in [0.15, 0.2) is 0 Å². The smallest absolute Gasteiger partial charge is 0.0909 e. The lowest BCUT2D eigenvalue weighted by Gasteiger charge is -2.41. The largest absolute Gasteiger partial charge is 0.301 e. The predicted molar refractivity (Wildman–Crippen MR) is 53.7 cm³/mol. The molecule has 0 aliphatic carbocycles. The van der Waals surface area contributed by atoms with Gasteiger partial charge < -0.3 is 4.90 Å². The van der Waals surface area contributed by atoms with E-state index in [1.807, 2.05) is 0 Å².